The quantitative estimate of drug-likeness (QED) is 0.548. The zero-order valence-corrected chi connectivity index (χ0v) is 19.5. The van der Waals surface area contributed by atoms with Crippen LogP contribution < -0.4 is 0 Å². The first-order valence-corrected chi connectivity index (χ1v) is 12.2. The van der Waals surface area contributed by atoms with Gasteiger partial charge in [-0.1, -0.05) is 30.3 Å². The summed E-state index contributed by atoms with van der Waals surface area (Å²) in [7, 11) is 0. The van der Waals surface area contributed by atoms with Crippen molar-refractivity contribution in [2.75, 3.05) is 26.2 Å². The molecular formula is C28H33N3O2. The van der Waals surface area contributed by atoms with E-state index >= 15 is 0 Å². The predicted octanol–water partition coefficient (Wildman–Crippen LogP) is 4.83. The number of nitrogens with zero attached hydrogens (tertiary/aromatic N) is 3. The number of fused-ring (bicyclic) bond motifs is 1. The number of hydrogen-bond donors (Lipinski definition) is 0. The Morgan fingerprint density at radius 1 is 1.03 bits per heavy atom. The van der Waals surface area contributed by atoms with Gasteiger partial charge in [0.25, 0.3) is 5.91 Å². The van der Waals surface area contributed by atoms with Crippen LogP contribution in [0.1, 0.15) is 47.2 Å². The van der Waals surface area contributed by atoms with Gasteiger partial charge in [0.1, 0.15) is 0 Å². The summed E-state index contributed by atoms with van der Waals surface area (Å²) in [6.45, 7) is 6.33. The van der Waals surface area contributed by atoms with Gasteiger partial charge >= 0.3 is 0 Å². The molecule has 0 bridgehead atoms. The van der Waals surface area contributed by atoms with E-state index < -0.39 is 0 Å². The molecule has 0 aliphatic carbocycles. The smallest absolute Gasteiger partial charge is 0.253 e. The van der Waals surface area contributed by atoms with E-state index in [1.807, 2.05) is 41.4 Å². The maximum atomic E-state index is 13.2. The third kappa shape index (κ3) is 4.94. The number of ether oxygens (including phenoxy) is 1. The summed E-state index contributed by atoms with van der Waals surface area (Å²) in [5.41, 5.74) is 4.10. The first kappa shape index (κ1) is 22.1. The van der Waals surface area contributed by atoms with Crippen molar-refractivity contribution < 1.29 is 9.53 Å². The molecule has 2 aliphatic rings. The molecule has 33 heavy (non-hydrogen) atoms. The van der Waals surface area contributed by atoms with Crippen molar-refractivity contribution in [1.29, 1.82) is 0 Å². The summed E-state index contributed by atoms with van der Waals surface area (Å²) in [5, 5.41) is 1.06. The van der Waals surface area contributed by atoms with Gasteiger partial charge in [-0.15, -0.1) is 0 Å². The van der Waals surface area contributed by atoms with E-state index in [4.69, 9.17) is 4.74 Å². The maximum Gasteiger partial charge on any atom is 0.253 e. The van der Waals surface area contributed by atoms with Gasteiger partial charge in [-0.05, 0) is 74.5 Å². The highest BCUT2D eigenvalue weighted by atomic mass is 16.5. The normalized spacial score (nSPS) is 19.9. The van der Waals surface area contributed by atoms with Gasteiger partial charge in [-0.2, -0.15) is 0 Å². The molecule has 1 amide bonds. The summed E-state index contributed by atoms with van der Waals surface area (Å²) in [6, 6.07) is 19.3. The Labute approximate surface area is 196 Å². The van der Waals surface area contributed by atoms with Crippen LogP contribution in [0.3, 0.4) is 0 Å². The zero-order chi connectivity index (χ0) is 22.6. The van der Waals surface area contributed by atoms with Crippen molar-refractivity contribution in [3.05, 3.63) is 77.5 Å². The van der Waals surface area contributed by atoms with Crippen LogP contribution in [0.15, 0.2) is 60.8 Å². The standard InChI is InChI=1S/C28H33N3O2/c1-21-11-14-29-27-10-9-23(18-26(21)27)28(32)30-16-12-24(13-17-30)31-15-5-8-25(31)20-33-19-22-6-3-2-4-7-22/h2-4,6-7,9-11,14,18,24-25H,5,8,12-13,15-17,19-20H2,1H3. The Morgan fingerprint density at radius 2 is 1.85 bits per heavy atom. The van der Waals surface area contributed by atoms with E-state index in [9.17, 15) is 4.79 Å². The van der Waals surface area contributed by atoms with E-state index in [1.165, 1.54) is 18.4 Å². The fraction of sp³-hybridized carbons (Fsp3) is 0.429. The van der Waals surface area contributed by atoms with Crippen molar-refractivity contribution >= 4 is 16.8 Å². The summed E-state index contributed by atoms with van der Waals surface area (Å²) in [5.74, 6) is 0.141. The van der Waals surface area contributed by atoms with Gasteiger partial charge in [-0.25, -0.2) is 0 Å². The lowest BCUT2D eigenvalue weighted by molar-refractivity contribution is 0.0314. The molecule has 5 nitrogen and oxygen atoms in total. The van der Waals surface area contributed by atoms with Crippen LogP contribution in [0.2, 0.25) is 0 Å². The topological polar surface area (TPSA) is 45.7 Å². The number of benzene rings is 2. The number of aromatic nitrogens is 1. The van der Waals surface area contributed by atoms with Crippen molar-refractivity contribution in [3.8, 4) is 0 Å². The second kappa shape index (κ2) is 10.0. The number of carbonyl (C=O) groups is 1. The van der Waals surface area contributed by atoms with Gasteiger partial charge in [0.05, 0.1) is 18.7 Å². The molecule has 0 spiro atoms. The molecule has 0 radical (unpaired) electrons. The molecule has 1 aromatic heterocycles. The summed E-state index contributed by atoms with van der Waals surface area (Å²) in [4.78, 5) is 22.3. The minimum absolute atomic E-state index is 0.141. The molecule has 2 saturated heterocycles. The van der Waals surface area contributed by atoms with Crippen LogP contribution in [0.5, 0.6) is 0 Å². The van der Waals surface area contributed by atoms with E-state index in [-0.39, 0.29) is 5.91 Å². The van der Waals surface area contributed by atoms with Crippen molar-refractivity contribution in [3.63, 3.8) is 0 Å². The number of amides is 1. The highest BCUT2D eigenvalue weighted by Crippen LogP contribution is 2.27. The molecule has 1 unspecified atom stereocenters. The van der Waals surface area contributed by atoms with Crippen LogP contribution in [-0.2, 0) is 11.3 Å². The molecule has 0 N–H and O–H groups in total. The Bertz CT molecular complexity index is 1090. The number of pyridine rings is 1. The van der Waals surface area contributed by atoms with Crippen LogP contribution in [0.25, 0.3) is 10.9 Å². The van der Waals surface area contributed by atoms with Gasteiger partial charge < -0.3 is 9.64 Å². The zero-order valence-electron chi connectivity index (χ0n) is 19.5. The summed E-state index contributed by atoms with van der Waals surface area (Å²) < 4.78 is 6.08. The highest BCUT2D eigenvalue weighted by Gasteiger charge is 2.34. The lowest BCUT2D eigenvalue weighted by Crippen LogP contribution is -2.49. The fourth-order valence-corrected chi connectivity index (χ4v) is 5.40. The maximum absolute atomic E-state index is 13.2. The van der Waals surface area contributed by atoms with E-state index in [0.29, 0.717) is 18.7 Å². The minimum atomic E-state index is 0.141. The Kier molecular flexibility index (Phi) is 6.70. The SMILES string of the molecule is Cc1ccnc2ccc(C(=O)N3CCC(N4CCCC4COCc4ccccc4)CC3)cc12. The molecule has 3 aromatic rings. The Morgan fingerprint density at radius 3 is 2.67 bits per heavy atom. The van der Waals surface area contributed by atoms with Gasteiger partial charge in [0.15, 0.2) is 0 Å². The minimum Gasteiger partial charge on any atom is -0.375 e. The molecule has 2 fully saturated rings. The molecule has 2 aliphatic heterocycles. The van der Waals surface area contributed by atoms with E-state index in [2.05, 4.69) is 41.1 Å². The van der Waals surface area contributed by atoms with Crippen molar-refractivity contribution in [1.82, 2.24) is 14.8 Å². The van der Waals surface area contributed by atoms with Crippen molar-refractivity contribution in [2.24, 2.45) is 0 Å². The van der Waals surface area contributed by atoms with Gasteiger partial charge in [0, 0.05) is 42.3 Å². The van der Waals surface area contributed by atoms with Crippen LogP contribution >= 0.6 is 0 Å². The second-order valence-corrected chi connectivity index (χ2v) is 9.42. The Balaban J connectivity index is 1.15. The average molecular weight is 444 g/mol. The molecule has 172 valence electrons. The molecular weight excluding hydrogens is 410 g/mol. The highest BCUT2D eigenvalue weighted by molar-refractivity contribution is 5.98. The predicted molar refractivity (Wildman–Crippen MR) is 131 cm³/mol. The van der Waals surface area contributed by atoms with E-state index in [1.54, 1.807) is 0 Å². The number of likely N-dealkylation sites (tertiary alicyclic amines) is 2. The van der Waals surface area contributed by atoms with Gasteiger partial charge in [-0.3, -0.25) is 14.7 Å². The Hall–Kier alpha value is -2.76. The molecule has 5 rings (SSSR count). The van der Waals surface area contributed by atoms with E-state index in [0.717, 1.165) is 61.1 Å². The molecule has 2 aromatic carbocycles. The third-order valence-corrected chi connectivity index (χ3v) is 7.27. The largest absolute Gasteiger partial charge is 0.375 e. The monoisotopic (exact) mass is 443 g/mol. The summed E-state index contributed by atoms with van der Waals surface area (Å²) >= 11 is 0. The molecule has 1 atom stereocenters. The van der Waals surface area contributed by atoms with Crippen LogP contribution in [-0.4, -0.2) is 59.0 Å². The average Bonchev–Trinajstić information content (AvgIpc) is 3.33. The summed E-state index contributed by atoms with van der Waals surface area (Å²) in [6.07, 6.45) is 6.34. The van der Waals surface area contributed by atoms with Gasteiger partial charge in [0.2, 0.25) is 0 Å². The second-order valence-electron chi connectivity index (χ2n) is 9.42. The lowest BCUT2D eigenvalue weighted by atomic mass is 10.0. The van der Waals surface area contributed by atoms with Crippen molar-refractivity contribution in [2.45, 2.75) is 51.3 Å². The molecule has 5 heteroatoms. The number of piperidine rings is 1. The third-order valence-electron chi connectivity index (χ3n) is 7.27. The van der Waals surface area contributed by atoms with Crippen LogP contribution in [0, 0.1) is 6.92 Å². The number of carbonyl (C=O) groups excluding carboxylic acids is 1. The molecule has 0 saturated carbocycles. The molecule has 3 heterocycles. The first-order chi connectivity index (χ1) is 16.2. The number of rotatable bonds is 6. The first-order valence-electron chi connectivity index (χ1n) is 12.2. The number of hydrogen-bond acceptors (Lipinski definition) is 4. The van der Waals surface area contributed by atoms with Crippen LogP contribution in [0.4, 0.5) is 0 Å². The lowest BCUT2D eigenvalue weighted by Gasteiger charge is -2.39. The number of aryl methyl sites for hydroxylation is 1. The fourth-order valence-electron chi connectivity index (χ4n) is 5.40.